The van der Waals surface area contributed by atoms with E-state index in [4.69, 9.17) is 0 Å². The van der Waals surface area contributed by atoms with Gasteiger partial charge in [0.15, 0.2) is 0 Å². The molecule has 0 N–H and O–H groups in total. The maximum atomic E-state index is 13.1. The highest BCUT2D eigenvalue weighted by atomic mass is 19.1. The van der Waals surface area contributed by atoms with E-state index in [-0.39, 0.29) is 5.82 Å². The van der Waals surface area contributed by atoms with Gasteiger partial charge in [-0.25, -0.2) is 9.37 Å². The molecular weight excluding hydrogens is 203 g/mol. The predicted octanol–water partition coefficient (Wildman–Crippen LogP) is 3.63. The highest BCUT2D eigenvalue weighted by Gasteiger charge is 2.28. The maximum absolute atomic E-state index is 13.1. The summed E-state index contributed by atoms with van der Waals surface area (Å²) in [4.78, 5) is 4.56. The van der Waals surface area contributed by atoms with E-state index in [1.54, 1.807) is 0 Å². The summed E-state index contributed by atoms with van der Waals surface area (Å²) in [6.07, 6.45) is 2.45. The second-order valence-corrected chi connectivity index (χ2v) is 4.86. The third-order valence-electron chi connectivity index (χ3n) is 3.11. The van der Waals surface area contributed by atoms with Crippen LogP contribution in [0.5, 0.6) is 0 Å². The van der Waals surface area contributed by atoms with Crippen LogP contribution in [0.3, 0.4) is 0 Å². The molecular formula is C13H15FN2. The van der Waals surface area contributed by atoms with Crippen LogP contribution in [-0.2, 0) is 0 Å². The zero-order valence-electron chi connectivity index (χ0n) is 9.57. The fourth-order valence-electron chi connectivity index (χ4n) is 2.21. The zero-order chi connectivity index (χ0) is 11.3. The Hall–Kier alpha value is -1.38. The Morgan fingerprint density at radius 2 is 2.12 bits per heavy atom. The summed E-state index contributed by atoms with van der Waals surface area (Å²) in [5.41, 5.74) is 1.86. The Morgan fingerprint density at radius 1 is 1.38 bits per heavy atom. The van der Waals surface area contributed by atoms with Crippen LogP contribution >= 0.6 is 0 Å². The van der Waals surface area contributed by atoms with Gasteiger partial charge in [-0.05, 0) is 25.0 Å². The van der Waals surface area contributed by atoms with Crippen molar-refractivity contribution in [1.82, 2.24) is 9.55 Å². The third kappa shape index (κ3) is 1.42. The van der Waals surface area contributed by atoms with E-state index >= 15 is 0 Å². The van der Waals surface area contributed by atoms with Crippen LogP contribution in [0.4, 0.5) is 4.39 Å². The highest BCUT2D eigenvalue weighted by Crippen LogP contribution is 2.40. The van der Waals surface area contributed by atoms with Crippen molar-refractivity contribution in [2.75, 3.05) is 0 Å². The van der Waals surface area contributed by atoms with Crippen LogP contribution in [0, 0.1) is 5.82 Å². The molecule has 1 heterocycles. The first-order valence-corrected chi connectivity index (χ1v) is 5.84. The summed E-state index contributed by atoms with van der Waals surface area (Å²) in [6, 6.07) is 5.49. The van der Waals surface area contributed by atoms with E-state index in [1.165, 1.54) is 25.0 Å². The molecule has 1 aromatic carbocycles. The van der Waals surface area contributed by atoms with Crippen molar-refractivity contribution in [3.63, 3.8) is 0 Å². The minimum Gasteiger partial charge on any atom is -0.325 e. The van der Waals surface area contributed by atoms with Crippen LogP contribution in [0.1, 0.15) is 44.5 Å². The van der Waals surface area contributed by atoms with Crippen molar-refractivity contribution in [2.24, 2.45) is 0 Å². The molecule has 1 fully saturated rings. The minimum atomic E-state index is -0.205. The second kappa shape index (κ2) is 3.30. The van der Waals surface area contributed by atoms with Crippen LogP contribution in [0.2, 0.25) is 0 Å². The van der Waals surface area contributed by atoms with E-state index in [1.807, 2.05) is 6.07 Å². The number of nitrogens with zero attached hydrogens (tertiary/aromatic N) is 2. The summed E-state index contributed by atoms with van der Waals surface area (Å²) in [6.45, 7) is 4.27. The average molecular weight is 218 g/mol. The van der Waals surface area contributed by atoms with Gasteiger partial charge in [0.05, 0.1) is 11.0 Å². The highest BCUT2D eigenvalue weighted by molar-refractivity contribution is 5.76. The number of rotatable bonds is 2. The zero-order valence-corrected chi connectivity index (χ0v) is 9.57. The lowest BCUT2D eigenvalue weighted by molar-refractivity contribution is 0.629. The lowest BCUT2D eigenvalue weighted by Gasteiger charge is -2.09. The molecule has 2 nitrogen and oxygen atoms in total. The molecule has 0 aliphatic heterocycles. The topological polar surface area (TPSA) is 17.8 Å². The van der Waals surface area contributed by atoms with Crippen molar-refractivity contribution in [1.29, 1.82) is 0 Å². The number of aromatic nitrogens is 2. The molecule has 1 aromatic heterocycles. The number of imidazole rings is 1. The molecule has 1 aliphatic rings. The molecule has 0 bridgehead atoms. The van der Waals surface area contributed by atoms with Crippen LogP contribution in [0.25, 0.3) is 11.0 Å². The summed E-state index contributed by atoms with van der Waals surface area (Å²) in [5, 5.41) is 0. The Labute approximate surface area is 94.1 Å². The molecule has 3 heteroatoms. The number of halogens is 1. The molecule has 1 saturated carbocycles. The summed E-state index contributed by atoms with van der Waals surface area (Å²) >= 11 is 0. The summed E-state index contributed by atoms with van der Waals surface area (Å²) in [7, 11) is 0. The van der Waals surface area contributed by atoms with Crippen LogP contribution in [-0.4, -0.2) is 9.55 Å². The largest absolute Gasteiger partial charge is 0.325 e. The quantitative estimate of drug-likeness (QED) is 0.752. The van der Waals surface area contributed by atoms with Crippen molar-refractivity contribution < 1.29 is 4.39 Å². The first-order chi connectivity index (χ1) is 7.66. The third-order valence-corrected chi connectivity index (χ3v) is 3.11. The first kappa shape index (κ1) is 9.82. The number of hydrogen-bond acceptors (Lipinski definition) is 1. The van der Waals surface area contributed by atoms with Gasteiger partial charge in [0.1, 0.15) is 11.6 Å². The monoisotopic (exact) mass is 218 g/mol. The smallest absolute Gasteiger partial charge is 0.125 e. The molecule has 0 amide bonds. The van der Waals surface area contributed by atoms with Gasteiger partial charge in [-0.1, -0.05) is 13.8 Å². The fourth-order valence-corrected chi connectivity index (χ4v) is 2.21. The lowest BCUT2D eigenvalue weighted by Crippen LogP contribution is -2.02. The van der Waals surface area contributed by atoms with Gasteiger partial charge in [-0.3, -0.25) is 0 Å². The van der Waals surface area contributed by atoms with E-state index in [0.717, 1.165) is 16.9 Å². The van der Waals surface area contributed by atoms with Crippen molar-refractivity contribution >= 4 is 11.0 Å². The number of benzene rings is 1. The molecule has 2 aromatic rings. The maximum Gasteiger partial charge on any atom is 0.125 e. The van der Waals surface area contributed by atoms with Gasteiger partial charge in [-0.2, -0.15) is 0 Å². The second-order valence-electron chi connectivity index (χ2n) is 4.86. The van der Waals surface area contributed by atoms with Gasteiger partial charge >= 0.3 is 0 Å². The van der Waals surface area contributed by atoms with Crippen LogP contribution < -0.4 is 0 Å². The van der Waals surface area contributed by atoms with E-state index < -0.39 is 0 Å². The minimum absolute atomic E-state index is 0.205. The molecule has 1 aliphatic carbocycles. The Kier molecular flexibility index (Phi) is 2.03. The number of hydrogen-bond donors (Lipinski definition) is 0. The van der Waals surface area contributed by atoms with Crippen molar-refractivity contribution in [3.05, 3.63) is 29.8 Å². The fraction of sp³-hybridized carbons (Fsp3) is 0.462. The average Bonchev–Trinajstić information content (AvgIpc) is 2.99. The van der Waals surface area contributed by atoms with E-state index in [2.05, 4.69) is 23.4 Å². The molecule has 0 spiro atoms. The van der Waals surface area contributed by atoms with Gasteiger partial charge < -0.3 is 4.57 Å². The van der Waals surface area contributed by atoms with Crippen LogP contribution in [0.15, 0.2) is 18.2 Å². The van der Waals surface area contributed by atoms with E-state index in [0.29, 0.717) is 12.0 Å². The molecule has 0 saturated heterocycles. The number of fused-ring (bicyclic) bond motifs is 1. The summed E-state index contributed by atoms with van der Waals surface area (Å²) in [5.74, 6) is 1.27. The lowest BCUT2D eigenvalue weighted by atomic mass is 10.2. The van der Waals surface area contributed by atoms with Gasteiger partial charge in [0.2, 0.25) is 0 Å². The normalized spacial score (nSPS) is 16.2. The Morgan fingerprint density at radius 3 is 2.75 bits per heavy atom. The molecule has 84 valence electrons. The SMILES string of the molecule is CC(C)c1nc2cc(F)ccc2n1C1CC1. The Bertz CT molecular complexity index is 538. The standard InChI is InChI=1S/C13H15FN2/c1-8(2)13-15-11-7-9(14)3-6-12(11)16(13)10-4-5-10/h3,6-8,10H,4-5H2,1-2H3. The first-order valence-electron chi connectivity index (χ1n) is 5.84. The molecule has 3 rings (SSSR count). The molecule has 16 heavy (non-hydrogen) atoms. The molecule has 0 atom stereocenters. The van der Waals surface area contributed by atoms with Crippen molar-refractivity contribution in [3.8, 4) is 0 Å². The molecule has 0 unspecified atom stereocenters. The Balaban J connectivity index is 2.28. The summed E-state index contributed by atoms with van der Waals surface area (Å²) < 4.78 is 15.4. The van der Waals surface area contributed by atoms with E-state index in [9.17, 15) is 4.39 Å². The molecule has 0 radical (unpaired) electrons. The predicted molar refractivity (Wildman–Crippen MR) is 62.1 cm³/mol. The van der Waals surface area contributed by atoms with Gasteiger partial charge in [0, 0.05) is 18.0 Å². The van der Waals surface area contributed by atoms with Gasteiger partial charge in [-0.15, -0.1) is 0 Å². The van der Waals surface area contributed by atoms with Gasteiger partial charge in [0.25, 0.3) is 0 Å². The van der Waals surface area contributed by atoms with Crippen molar-refractivity contribution in [2.45, 2.75) is 38.6 Å².